The van der Waals surface area contributed by atoms with Crippen molar-refractivity contribution in [2.24, 2.45) is 5.73 Å². The van der Waals surface area contributed by atoms with Crippen LogP contribution in [-0.4, -0.2) is 37.1 Å². The minimum Gasteiger partial charge on any atom is -0.384 e. The van der Waals surface area contributed by atoms with Crippen molar-refractivity contribution >= 4 is 11.5 Å². The van der Waals surface area contributed by atoms with Gasteiger partial charge in [0.05, 0.1) is 18.0 Å². The maximum absolute atomic E-state index is 7.53. The van der Waals surface area contributed by atoms with E-state index in [0.29, 0.717) is 0 Å². The fourth-order valence-corrected chi connectivity index (χ4v) is 2.01. The SMILES string of the molecule is COC1CCN(c2cnccc2C(=N)N)C1. The lowest BCUT2D eigenvalue weighted by atomic mass is 10.2. The molecule has 0 radical (unpaired) electrons. The summed E-state index contributed by atoms with van der Waals surface area (Å²) in [7, 11) is 1.73. The van der Waals surface area contributed by atoms with Crippen LogP contribution in [0, 0.1) is 5.41 Å². The molecule has 2 heterocycles. The molecule has 1 aliphatic rings. The standard InChI is InChI=1S/C11H16N4O/c1-16-8-3-5-15(7-8)10-6-14-4-2-9(10)11(12)13/h2,4,6,8H,3,5,7H2,1H3,(H3,12,13). The highest BCUT2D eigenvalue weighted by Gasteiger charge is 2.24. The van der Waals surface area contributed by atoms with Gasteiger partial charge in [0, 0.05) is 32.0 Å². The normalized spacial score (nSPS) is 20.1. The summed E-state index contributed by atoms with van der Waals surface area (Å²) < 4.78 is 5.32. The Balaban J connectivity index is 2.24. The van der Waals surface area contributed by atoms with Crippen molar-refractivity contribution < 1.29 is 4.74 Å². The van der Waals surface area contributed by atoms with Gasteiger partial charge in [-0.15, -0.1) is 0 Å². The molecule has 1 unspecified atom stereocenters. The molecule has 1 fully saturated rings. The van der Waals surface area contributed by atoms with E-state index in [2.05, 4.69) is 9.88 Å². The highest BCUT2D eigenvalue weighted by atomic mass is 16.5. The number of rotatable bonds is 3. The van der Waals surface area contributed by atoms with Gasteiger partial charge in [-0.3, -0.25) is 10.4 Å². The third-order valence-corrected chi connectivity index (χ3v) is 2.91. The second-order valence-corrected chi connectivity index (χ2v) is 3.90. The molecule has 0 aliphatic carbocycles. The van der Waals surface area contributed by atoms with Gasteiger partial charge in [0.1, 0.15) is 5.84 Å². The fraction of sp³-hybridized carbons (Fsp3) is 0.455. The van der Waals surface area contributed by atoms with Crippen LogP contribution in [0.5, 0.6) is 0 Å². The van der Waals surface area contributed by atoms with Crippen LogP contribution in [0.15, 0.2) is 18.5 Å². The molecule has 1 aliphatic heterocycles. The van der Waals surface area contributed by atoms with E-state index in [0.717, 1.165) is 30.8 Å². The summed E-state index contributed by atoms with van der Waals surface area (Å²) in [6, 6.07) is 1.78. The number of amidine groups is 1. The van der Waals surface area contributed by atoms with E-state index in [-0.39, 0.29) is 11.9 Å². The zero-order valence-corrected chi connectivity index (χ0v) is 9.31. The number of methoxy groups -OCH3 is 1. The van der Waals surface area contributed by atoms with Crippen LogP contribution in [0.25, 0.3) is 0 Å². The Kier molecular flexibility index (Phi) is 3.05. The van der Waals surface area contributed by atoms with Crippen molar-refractivity contribution in [2.75, 3.05) is 25.1 Å². The highest BCUT2D eigenvalue weighted by molar-refractivity contribution is 6.00. The van der Waals surface area contributed by atoms with E-state index >= 15 is 0 Å². The van der Waals surface area contributed by atoms with Crippen LogP contribution in [0.1, 0.15) is 12.0 Å². The minimum atomic E-state index is 0.0817. The van der Waals surface area contributed by atoms with E-state index in [4.69, 9.17) is 15.9 Å². The number of ether oxygens (including phenoxy) is 1. The topological polar surface area (TPSA) is 75.2 Å². The summed E-state index contributed by atoms with van der Waals surface area (Å²) in [4.78, 5) is 6.25. The first-order valence-corrected chi connectivity index (χ1v) is 5.28. The van der Waals surface area contributed by atoms with Crippen LogP contribution >= 0.6 is 0 Å². The van der Waals surface area contributed by atoms with E-state index in [1.807, 2.05) is 0 Å². The molecular formula is C11H16N4O. The molecule has 5 nitrogen and oxygen atoms in total. The summed E-state index contributed by atoms with van der Waals surface area (Å²) in [6.07, 6.45) is 4.68. The van der Waals surface area contributed by atoms with Crippen LogP contribution in [0.3, 0.4) is 0 Å². The molecule has 86 valence electrons. The van der Waals surface area contributed by atoms with Crippen molar-refractivity contribution in [2.45, 2.75) is 12.5 Å². The number of anilines is 1. The van der Waals surface area contributed by atoms with Crippen molar-refractivity contribution in [3.63, 3.8) is 0 Å². The van der Waals surface area contributed by atoms with Gasteiger partial charge >= 0.3 is 0 Å². The third-order valence-electron chi connectivity index (χ3n) is 2.91. The zero-order valence-electron chi connectivity index (χ0n) is 9.31. The van der Waals surface area contributed by atoms with Gasteiger partial charge in [-0.2, -0.15) is 0 Å². The molecule has 1 atom stereocenters. The lowest BCUT2D eigenvalue weighted by Gasteiger charge is -2.20. The number of nitrogens with two attached hydrogens (primary N) is 1. The summed E-state index contributed by atoms with van der Waals surface area (Å²) in [6.45, 7) is 1.76. The van der Waals surface area contributed by atoms with Gasteiger partial charge in [-0.25, -0.2) is 0 Å². The maximum Gasteiger partial charge on any atom is 0.125 e. The quantitative estimate of drug-likeness (QED) is 0.577. The van der Waals surface area contributed by atoms with E-state index in [9.17, 15) is 0 Å². The predicted octanol–water partition coefficient (Wildman–Crippen LogP) is 0.591. The zero-order chi connectivity index (χ0) is 11.5. The maximum atomic E-state index is 7.53. The summed E-state index contributed by atoms with van der Waals surface area (Å²) in [5.41, 5.74) is 7.21. The van der Waals surface area contributed by atoms with Gasteiger partial charge < -0.3 is 15.4 Å². The number of hydrogen-bond acceptors (Lipinski definition) is 4. The molecule has 1 saturated heterocycles. The lowest BCUT2D eigenvalue weighted by molar-refractivity contribution is 0.121. The van der Waals surface area contributed by atoms with Crippen molar-refractivity contribution in [1.82, 2.24) is 4.98 Å². The largest absolute Gasteiger partial charge is 0.384 e. The number of hydrogen-bond donors (Lipinski definition) is 2. The Bertz CT molecular complexity index is 393. The molecule has 1 aromatic rings. The van der Waals surface area contributed by atoms with Crippen molar-refractivity contribution in [3.05, 3.63) is 24.0 Å². The molecule has 16 heavy (non-hydrogen) atoms. The van der Waals surface area contributed by atoms with E-state index < -0.39 is 0 Å². The monoisotopic (exact) mass is 220 g/mol. The predicted molar refractivity (Wildman–Crippen MR) is 62.9 cm³/mol. The second kappa shape index (κ2) is 4.49. The Hall–Kier alpha value is -1.62. The van der Waals surface area contributed by atoms with Crippen LogP contribution in [0.4, 0.5) is 5.69 Å². The number of pyridine rings is 1. The molecule has 5 heteroatoms. The Labute approximate surface area is 94.7 Å². The van der Waals surface area contributed by atoms with Crippen LogP contribution in [-0.2, 0) is 4.74 Å². The molecule has 0 saturated carbocycles. The minimum absolute atomic E-state index is 0.0817. The highest BCUT2D eigenvalue weighted by Crippen LogP contribution is 2.24. The average molecular weight is 220 g/mol. The fourth-order valence-electron chi connectivity index (χ4n) is 2.01. The number of nitrogens with zero attached hydrogens (tertiary/aromatic N) is 2. The van der Waals surface area contributed by atoms with Gasteiger partial charge in [-0.1, -0.05) is 0 Å². The van der Waals surface area contributed by atoms with Crippen molar-refractivity contribution in [3.8, 4) is 0 Å². The second-order valence-electron chi connectivity index (χ2n) is 3.90. The molecular weight excluding hydrogens is 204 g/mol. The average Bonchev–Trinajstić information content (AvgIpc) is 2.77. The molecule has 0 spiro atoms. The van der Waals surface area contributed by atoms with Gasteiger partial charge in [0.25, 0.3) is 0 Å². The summed E-state index contributed by atoms with van der Waals surface area (Å²) in [5.74, 6) is 0.0817. The molecule has 0 aromatic carbocycles. The van der Waals surface area contributed by atoms with Gasteiger partial charge in [0.2, 0.25) is 0 Å². The third kappa shape index (κ3) is 1.99. The first-order chi connectivity index (χ1) is 7.72. The number of nitrogens with one attached hydrogen (secondary N) is 1. The Morgan fingerprint density at radius 3 is 3.12 bits per heavy atom. The van der Waals surface area contributed by atoms with Crippen LogP contribution in [0.2, 0.25) is 0 Å². The van der Waals surface area contributed by atoms with Crippen molar-refractivity contribution in [1.29, 1.82) is 5.41 Å². The molecule has 0 amide bonds. The first kappa shape index (κ1) is 10.9. The molecule has 0 bridgehead atoms. The Morgan fingerprint density at radius 2 is 2.50 bits per heavy atom. The van der Waals surface area contributed by atoms with E-state index in [1.165, 1.54) is 0 Å². The smallest absolute Gasteiger partial charge is 0.125 e. The molecule has 2 rings (SSSR count). The molecule has 3 N–H and O–H groups in total. The number of aromatic nitrogens is 1. The lowest BCUT2D eigenvalue weighted by Crippen LogP contribution is -2.25. The summed E-state index contributed by atoms with van der Waals surface area (Å²) >= 11 is 0. The van der Waals surface area contributed by atoms with E-state index in [1.54, 1.807) is 25.6 Å². The first-order valence-electron chi connectivity index (χ1n) is 5.28. The Morgan fingerprint density at radius 1 is 1.69 bits per heavy atom. The summed E-state index contributed by atoms with van der Waals surface area (Å²) in [5, 5.41) is 7.53. The van der Waals surface area contributed by atoms with Gasteiger partial charge in [-0.05, 0) is 12.5 Å². The molecule has 1 aromatic heterocycles. The van der Waals surface area contributed by atoms with Crippen LogP contribution < -0.4 is 10.6 Å². The van der Waals surface area contributed by atoms with Gasteiger partial charge in [0.15, 0.2) is 0 Å². The number of nitrogen functional groups attached to an aromatic ring is 1.